The van der Waals surface area contributed by atoms with Crippen LogP contribution in [0.3, 0.4) is 0 Å². The Labute approximate surface area is 98.5 Å². The molecule has 0 aromatic carbocycles. The summed E-state index contributed by atoms with van der Waals surface area (Å²) in [4.78, 5) is 28.1. The van der Waals surface area contributed by atoms with E-state index >= 15 is 0 Å². The minimum absolute atomic E-state index is 0.0750. The summed E-state index contributed by atoms with van der Waals surface area (Å²) in [6.45, 7) is 2.58. The van der Waals surface area contributed by atoms with Crippen molar-refractivity contribution in [1.29, 1.82) is 0 Å². The molecule has 0 saturated carbocycles. The predicted molar refractivity (Wildman–Crippen MR) is 61.1 cm³/mol. The van der Waals surface area contributed by atoms with Crippen molar-refractivity contribution in [2.24, 2.45) is 0 Å². The monoisotopic (exact) mass is 237 g/mol. The molecule has 1 aliphatic rings. The molecule has 6 heteroatoms. The second kappa shape index (κ2) is 4.57. The van der Waals surface area contributed by atoms with Crippen LogP contribution in [0.5, 0.6) is 0 Å². The summed E-state index contributed by atoms with van der Waals surface area (Å²) in [5.41, 5.74) is 0.310. The van der Waals surface area contributed by atoms with Gasteiger partial charge in [0.2, 0.25) is 0 Å². The fourth-order valence-corrected chi connectivity index (χ4v) is 2.17. The van der Waals surface area contributed by atoms with E-state index in [9.17, 15) is 9.59 Å². The summed E-state index contributed by atoms with van der Waals surface area (Å²) in [6, 6.07) is -0.0750. The number of amides is 1. The molecule has 1 saturated heterocycles. The number of piperidine rings is 1. The lowest BCUT2D eigenvalue weighted by Gasteiger charge is -2.31. The fraction of sp³-hybridized carbons (Fsp3) is 0.545. The van der Waals surface area contributed by atoms with Gasteiger partial charge in [-0.3, -0.25) is 9.78 Å². The first-order valence-corrected chi connectivity index (χ1v) is 5.61. The van der Waals surface area contributed by atoms with E-state index in [4.69, 9.17) is 5.11 Å². The van der Waals surface area contributed by atoms with Crippen molar-refractivity contribution in [2.45, 2.75) is 25.8 Å². The second-order valence-electron chi connectivity index (χ2n) is 4.25. The maximum absolute atomic E-state index is 11.9. The molecular formula is C11H15N3O3. The maximum Gasteiger partial charge on any atom is 0.407 e. The Kier molecular flexibility index (Phi) is 3.12. The first-order valence-electron chi connectivity index (χ1n) is 5.61. The molecule has 92 valence electrons. The number of hydrogen-bond acceptors (Lipinski definition) is 3. The Balaban J connectivity index is 2.25. The van der Waals surface area contributed by atoms with Crippen LogP contribution in [-0.2, 0) is 0 Å². The molecule has 0 aliphatic carbocycles. The second-order valence-corrected chi connectivity index (χ2v) is 4.25. The quantitative estimate of drug-likeness (QED) is 0.786. The Morgan fingerprint density at radius 1 is 1.59 bits per heavy atom. The highest BCUT2D eigenvalue weighted by molar-refractivity contribution is 5.65. The van der Waals surface area contributed by atoms with Gasteiger partial charge in [0.1, 0.15) is 5.69 Å². The highest BCUT2D eigenvalue weighted by Crippen LogP contribution is 2.19. The van der Waals surface area contributed by atoms with Gasteiger partial charge in [0, 0.05) is 25.5 Å². The van der Waals surface area contributed by atoms with Crippen LogP contribution < -0.4 is 5.56 Å². The van der Waals surface area contributed by atoms with Crippen LogP contribution in [0.15, 0.2) is 17.2 Å². The van der Waals surface area contributed by atoms with Crippen LogP contribution in [0.4, 0.5) is 4.79 Å². The van der Waals surface area contributed by atoms with Crippen LogP contribution >= 0.6 is 0 Å². The number of aromatic nitrogens is 2. The number of hydrogen-bond donors (Lipinski definition) is 1. The normalized spacial score (nSPS) is 20.3. The average Bonchev–Trinajstić information content (AvgIpc) is 2.33. The summed E-state index contributed by atoms with van der Waals surface area (Å²) in [5, 5.41) is 8.95. The van der Waals surface area contributed by atoms with Crippen molar-refractivity contribution in [2.75, 3.05) is 13.1 Å². The molecule has 1 aromatic rings. The Morgan fingerprint density at radius 2 is 2.35 bits per heavy atom. The minimum Gasteiger partial charge on any atom is -0.465 e. The summed E-state index contributed by atoms with van der Waals surface area (Å²) in [6.07, 6.45) is 3.90. The van der Waals surface area contributed by atoms with Gasteiger partial charge in [-0.2, -0.15) is 0 Å². The van der Waals surface area contributed by atoms with Gasteiger partial charge < -0.3 is 14.6 Å². The number of carboxylic acid groups (broad SMARTS) is 1. The molecule has 0 unspecified atom stereocenters. The SMILES string of the molecule is Cc1nccn([C@@H]2CCCN(C(=O)O)C2)c1=O. The molecule has 0 bridgehead atoms. The zero-order chi connectivity index (χ0) is 12.4. The van der Waals surface area contributed by atoms with Gasteiger partial charge in [-0.25, -0.2) is 4.79 Å². The average molecular weight is 237 g/mol. The van der Waals surface area contributed by atoms with Crippen LogP contribution in [0, 0.1) is 6.92 Å². The molecule has 1 aliphatic heterocycles. The van der Waals surface area contributed by atoms with E-state index < -0.39 is 6.09 Å². The van der Waals surface area contributed by atoms with Crippen LogP contribution in [0.2, 0.25) is 0 Å². The van der Waals surface area contributed by atoms with Gasteiger partial charge in [-0.15, -0.1) is 0 Å². The van der Waals surface area contributed by atoms with Gasteiger partial charge in [-0.1, -0.05) is 0 Å². The zero-order valence-electron chi connectivity index (χ0n) is 9.67. The number of rotatable bonds is 1. The summed E-state index contributed by atoms with van der Waals surface area (Å²) >= 11 is 0. The topological polar surface area (TPSA) is 75.4 Å². The molecule has 1 fully saturated rings. The molecule has 2 heterocycles. The molecule has 0 spiro atoms. The van der Waals surface area contributed by atoms with Crippen molar-refractivity contribution in [3.05, 3.63) is 28.4 Å². The molecule has 6 nitrogen and oxygen atoms in total. The first-order chi connectivity index (χ1) is 8.09. The van der Waals surface area contributed by atoms with E-state index in [0.29, 0.717) is 18.8 Å². The van der Waals surface area contributed by atoms with Gasteiger partial charge >= 0.3 is 6.09 Å². The number of aryl methyl sites for hydroxylation is 1. The largest absolute Gasteiger partial charge is 0.465 e. The highest BCUT2D eigenvalue weighted by atomic mass is 16.4. The van der Waals surface area contributed by atoms with Crippen molar-refractivity contribution in [3.63, 3.8) is 0 Å². The van der Waals surface area contributed by atoms with E-state index in [-0.39, 0.29) is 11.6 Å². The van der Waals surface area contributed by atoms with Crippen molar-refractivity contribution >= 4 is 6.09 Å². The molecule has 1 atom stereocenters. The third kappa shape index (κ3) is 2.30. The number of carbonyl (C=O) groups is 1. The molecular weight excluding hydrogens is 222 g/mol. The van der Waals surface area contributed by atoms with Gasteiger partial charge in [0.15, 0.2) is 0 Å². The van der Waals surface area contributed by atoms with Crippen LogP contribution in [-0.4, -0.2) is 38.7 Å². The Bertz CT molecular complexity index is 483. The first kappa shape index (κ1) is 11.6. The molecule has 0 radical (unpaired) electrons. The van der Waals surface area contributed by atoms with Crippen LogP contribution in [0.25, 0.3) is 0 Å². The fourth-order valence-electron chi connectivity index (χ4n) is 2.17. The van der Waals surface area contributed by atoms with Gasteiger partial charge in [0.05, 0.1) is 6.04 Å². The van der Waals surface area contributed by atoms with Crippen LogP contribution in [0.1, 0.15) is 24.6 Å². The van der Waals surface area contributed by atoms with Crippen molar-refractivity contribution < 1.29 is 9.90 Å². The lowest BCUT2D eigenvalue weighted by Crippen LogP contribution is -2.42. The number of nitrogens with zero attached hydrogens (tertiary/aromatic N) is 3. The van der Waals surface area contributed by atoms with E-state index in [0.717, 1.165) is 12.8 Å². The Morgan fingerprint density at radius 3 is 3.06 bits per heavy atom. The third-order valence-electron chi connectivity index (χ3n) is 3.10. The smallest absolute Gasteiger partial charge is 0.407 e. The molecule has 17 heavy (non-hydrogen) atoms. The predicted octanol–water partition coefficient (Wildman–Crippen LogP) is 0.867. The van der Waals surface area contributed by atoms with Crippen molar-refractivity contribution in [1.82, 2.24) is 14.5 Å². The summed E-state index contributed by atoms with van der Waals surface area (Å²) < 4.78 is 1.59. The highest BCUT2D eigenvalue weighted by Gasteiger charge is 2.24. The third-order valence-corrected chi connectivity index (χ3v) is 3.10. The van der Waals surface area contributed by atoms with E-state index in [2.05, 4.69) is 4.98 Å². The molecule has 2 rings (SSSR count). The zero-order valence-corrected chi connectivity index (χ0v) is 9.67. The molecule has 1 amide bonds. The maximum atomic E-state index is 11.9. The summed E-state index contributed by atoms with van der Waals surface area (Å²) in [5.74, 6) is 0. The minimum atomic E-state index is -0.923. The molecule has 1 N–H and O–H groups in total. The standard InChI is InChI=1S/C11H15N3O3/c1-8-10(15)14(6-4-12-8)9-3-2-5-13(7-9)11(16)17/h4,6,9H,2-3,5,7H2,1H3,(H,16,17)/t9-/m1/s1. The van der Waals surface area contributed by atoms with E-state index in [1.165, 1.54) is 4.90 Å². The van der Waals surface area contributed by atoms with Gasteiger partial charge in [-0.05, 0) is 19.8 Å². The lowest BCUT2D eigenvalue weighted by molar-refractivity contribution is 0.121. The number of likely N-dealkylation sites (tertiary alicyclic amines) is 1. The van der Waals surface area contributed by atoms with Gasteiger partial charge in [0.25, 0.3) is 5.56 Å². The summed E-state index contributed by atoms with van der Waals surface area (Å²) in [7, 11) is 0. The Hall–Kier alpha value is -1.85. The van der Waals surface area contributed by atoms with E-state index in [1.54, 1.807) is 23.9 Å². The lowest BCUT2D eigenvalue weighted by atomic mass is 10.1. The molecule has 1 aromatic heterocycles. The van der Waals surface area contributed by atoms with Crippen molar-refractivity contribution in [3.8, 4) is 0 Å². The van der Waals surface area contributed by atoms with E-state index in [1.807, 2.05) is 0 Å².